The van der Waals surface area contributed by atoms with Crippen molar-refractivity contribution in [3.05, 3.63) is 59.7 Å². The molecule has 0 bridgehead atoms. The van der Waals surface area contributed by atoms with E-state index < -0.39 is 17.8 Å². The first-order chi connectivity index (χ1) is 13.0. The lowest BCUT2D eigenvalue weighted by Crippen LogP contribution is -2.27. The minimum atomic E-state index is -0.771. The van der Waals surface area contributed by atoms with Gasteiger partial charge in [0.15, 0.2) is 11.6 Å². The molecule has 8 heteroatoms. The fraction of sp³-hybridized carbons (Fsp3) is 0.263. The fourth-order valence-electron chi connectivity index (χ4n) is 2.36. The molecule has 144 valence electrons. The highest BCUT2D eigenvalue weighted by molar-refractivity contribution is 6.05. The van der Waals surface area contributed by atoms with Gasteiger partial charge in [0.2, 0.25) is 0 Å². The van der Waals surface area contributed by atoms with Crippen LogP contribution in [0.5, 0.6) is 5.75 Å². The molecule has 2 rings (SSSR count). The first-order valence-corrected chi connectivity index (χ1v) is 7.99. The molecular weight excluding hydrogens is 357 g/mol. The van der Waals surface area contributed by atoms with Crippen molar-refractivity contribution in [3.63, 3.8) is 0 Å². The van der Waals surface area contributed by atoms with E-state index in [1.165, 1.54) is 50.6 Å². The molecule has 0 radical (unpaired) electrons. The monoisotopic (exact) mass is 377 g/mol. The first kappa shape index (κ1) is 20.2. The highest BCUT2D eigenvalue weighted by Crippen LogP contribution is 2.29. The average Bonchev–Trinajstić information content (AvgIpc) is 2.91. The summed E-state index contributed by atoms with van der Waals surface area (Å²) in [6.07, 6.45) is 6.10. The van der Waals surface area contributed by atoms with Crippen LogP contribution in [0.25, 0.3) is 0 Å². The van der Waals surface area contributed by atoms with Crippen molar-refractivity contribution < 1.29 is 32.9 Å². The average molecular weight is 377 g/mol. The first-order valence-electron chi connectivity index (χ1n) is 7.99. The molecule has 7 nitrogen and oxygen atoms in total. The van der Waals surface area contributed by atoms with Crippen LogP contribution in [0.1, 0.15) is 0 Å². The molecule has 0 atom stereocenters. The molecule has 0 spiro atoms. The highest BCUT2D eigenvalue weighted by atomic mass is 19.1. The second-order valence-corrected chi connectivity index (χ2v) is 5.27. The number of methoxy groups -OCH3 is 3. The van der Waals surface area contributed by atoms with Gasteiger partial charge in [-0.25, -0.2) is 14.0 Å². The third-order valence-corrected chi connectivity index (χ3v) is 3.63. The largest absolute Gasteiger partial charge is 0.488 e. The summed E-state index contributed by atoms with van der Waals surface area (Å²) in [5, 5.41) is 0. The number of allylic oxidation sites excluding steroid dienone is 2. The van der Waals surface area contributed by atoms with E-state index in [1.807, 2.05) is 0 Å². The molecule has 1 aromatic carbocycles. The Labute approximate surface area is 156 Å². The lowest BCUT2D eigenvalue weighted by molar-refractivity contribution is -0.139. The van der Waals surface area contributed by atoms with Gasteiger partial charge in [0.25, 0.3) is 0 Å². The van der Waals surface area contributed by atoms with Crippen molar-refractivity contribution in [3.8, 4) is 5.75 Å². The normalized spacial score (nSPS) is 13.4. The van der Waals surface area contributed by atoms with Crippen molar-refractivity contribution in [2.75, 3.05) is 39.4 Å². The van der Waals surface area contributed by atoms with Crippen LogP contribution in [0.15, 0.2) is 53.9 Å². The lowest BCUT2D eigenvalue weighted by atomic mass is 10.1. The van der Waals surface area contributed by atoms with E-state index in [0.29, 0.717) is 12.3 Å². The van der Waals surface area contributed by atoms with Gasteiger partial charge in [0, 0.05) is 25.1 Å². The van der Waals surface area contributed by atoms with E-state index in [4.69, 9.17) is 18.9 Å². The molecule has 1 aliphatic heterocycles. The summed E-state index contributed by atoms with van der Waals surface area (Å²) in [5.41, 5.74) is 0.185. The van der Waals surface area contributed by atoms with Crippen LogP contribution in [-0.4, -0.2) is 46.5 Å². The SMILES string of the molecule is COCCOc1ccc(N2C=CC=CC(C(=O)OC)=C2C(=O)OC)cc1F. The van der Waals surface area contributed by atoms with Crippen LogP contribution in [0.2, 0.25) is 0 Å². The second kappa shape index (κ2) is 9.54. The van der Waals surface area contributed by atoms with Gasteiger partial charge < -0.3 is 23.8 Å². The zero-order chi connectivity index (χ0) is 19.8. The fourth-order valence-corrected chi connectivity index (χ4v) is 2.36. The third kappa shape index (κ3) is 4.73. The molecule has 0 fully saturated rings. The minimum absolute atomic E-state index is 0.0184. The van der Waals surface area contributed by atoms with E-state index in [2.05, 4.69) is 0 Å². The number of carbonyl (C=O) groups excluding carboxylic acids is 2. The number of hydrogen-bond acceptors (Lipinski definition) is 7. The molecule has 1 aromatic rings. The van der Waals surface area contributed by atoms with E-state index in [9.17, 15) is 14.0 Å². The van der Waals surface area contributed by atoms with Crippen LogP contribution in [-0.2, 0) is 23.8 Å². The minimum Gasteiger partial charge on any atom is -0.488 e. The van der Waals surface area contributed by atoms with Crippen molar-refractivity contribution in [1.29, 1.82) is 0 Å². The predicted molar refractivity (Wildman–Crippen MR) is 95.6 cm³/mol. The van der Waals surface area contributed by atoms with Crippen molar-refractivity contribution >= 4 is 17.6 Å². The van der Waals surface area contributed by atoms with Crippen molar-refractivity contribution in [2.24, 2.45) is 0 Å². The highest BCUT2D eigenvalue weighted by Gasteiger charge is 2.27. The number of ether oxygens (including phenoxy) is 4. The smallest absolute Gasteiger partial charge is 0.355 e. The van der Waals surface area contributed by atoms with Crippen LogP contribution in [0, 0.1) is 5.82 Å². The maximum absolute atomic E-state index is 14.4. The topological polar surface area (TPSA) is 74.3 Å². The summed E-state index contributed by atoms with van der Waals surface area (Å²) in [5.74, 6) is -2.07. The van der Waals surface area contributed by atoms with E-state index in [1.54, 1.807) is 18.2 Å². The van der Waals surface area contributed by atoms with Crippen molar-refractivity contribution in [1.82, 2.24) is 0 Å². The molecule has 0 saturated carbocycles. The van der Waals surface area contributed by atoms with Gasteiger partial charge in [-0.1, -0.05) is 6.08 Å². The summed E-state index contributed by atoms with van der Waals surface area (Å²) in [7, 11) is 3.91. The third-order valence-electron chi connectivity index (χ3n) is 3.63. The van der Waals surface area contributed by atoms with Gasteiger partial charge in [-0.2, -0.15) is 0 Å². The Balaban J connectivity index is 2.46. The standard InChI is InChI=1S/C19H20FNO6/c1-24-10-11-27-16-8-7-13(12-15(16)20)21-9-5-4-6-14(18(22)25-2)17(21)19(23)26-3/h4-9,12H,10-11H2,1-3H3. The number of benzene rings is 1. The molecule has 0 aromatic heterocycles. The number of nitrogens with zero attached hydrogens (tertiary/aromatic N) is 1. The maximum atomic E-state index is 14.4. The number of hydrogen-bond donors (Lipinski definition) is 0. The second-order valence-electron chi connectivity index (χ2n) is 5.27. The van der Waals surface area contributed by atoms with E-state index in [0.717, 1.165) is 0 Å². The Morgan fingerprint density at radius 1 is 1.04 bits per heavy atom. The summed E-state index contributed by atoms with van der Waals surface area (Å²) >= 11 is 0. The Morgan fingerprint density at radius 3 is 2.41 bits per heavy atom. The molecule has 27 heavy (non-hydrogen) atoms. The molecule has 1 heterocycles. The molecule has 0 amide bonds. The van der Waals surface area contributed by atoms with Gasteiger partial charge in [-0.05, 0) is 24.3 Å². The zero-order valence-electron chi connectivity index (χ0n) is 15.2. The number of anilines is 1. The van der Waals surface area contributed by atoms with Gasteiger partial charge in [0.1, 0.15) is 12.3 Å². The summed E-state index contributed by atoms with van der Waals surface area (Å²) < 4.78 is 34.1. The van der Waals surface area contributed by atoms with Gasteiger partial charge in [0.05, 0.1) is 26.4 Å². The molecular formula is C19H20FNO6. The summed E-state index contributed by atoms with van der Waals surface area (Å²) in [6, 6.07) is 4.17. The van der Waals surface area contributed by atoms with Gasteiger partial charge >= 0.3 is 11.9 Å². The maximum Gasteiger partial charge on any atom is 0.355 e. The number of rotatable bonds is 7. The Kier molecular flexibility index (Phi) is 7.13. The van der Waals surface area contributed by atoms with Crippen LogP contribution in [0.3, 0.4) is 0 Å². The summed E-state index contributed by atoms with van der Waals surface area (Å²) in [4.78, 5) is 25.8. The number of halogens is 1. The van der Waals surface area contributed by atoms with Crippen LogP contribution < -0.4 is 9.64 Å². The quantitative estimate of drug-likeness (QED) is 0.533. The van der Waals surface area contributed by atoms with E-state index in [-0.39, 0.29) is 23.6 Å². The van der Waals surface area contributed by atoms with Gasteiger partial charge in [-0.3, -0.25) is 0 Å². The Bertz CT molecular complexity index is 799. The molecule has 0 aliphatic carbocycles. The summed E-state index contributed by atoms with van der Waals surface area (Å²) in [6.45, 7) is 0.513. The Hall–Kier alpha value is -3.13. The predicted octanol–water partition coefficient (Wildman–Crippen LogP) is 2.34. The molecule has 0 saturated heterocycles. The van der Waals surface area contributed by atoms with Gasteiger partial charge in [-0.15, -0.1) is 0 Å². The van der Waals surface area contributed by atoms with Crippen molar-refractivity contribution in [2.45, 2.75) is 0 Å². The Morgan fingerprint density at radius 2 is 1.78 bits per heavy atom. The molecule has 0 N–H and O–H groups in total. The van der Waals surface area contributed by atoms with E-state index >= 15 is 0 Å². The number of carbonyl (C=O) groups is 2. The van der Waals surface area contributed by atoms with Crippen LogP contribution >= 0.6 is 0 Å². The van der Waals surface area contributed by atoms with Crippen LogP contribution in [0.4, 0.5) is 10.1 Å². The number of esters is 2. The molecule has 0 unspecified atom stereocenters. The lowest BCUT2D eigenvalue weighted by Gasteiger charge is -2.23. The zero-order valence-corrected chi connectivity index (χ0v) is 15.2. The molecule has 1 aliphatic rings.